The number of esters is 1. The van der Waals surface area contributed by atoms with E-state index in [0.29, 0.717) is 17.3 Å². The van der Waals surface area contributed by atoms with Crippen LogP contribution < -0.4 is 0 Å². The minimum atomic E-state index is -0.528. The molecule has 0 saturated carbocycles. The molecule has 1 heterocycles. The van der Waals surface area contributed by atoms with Crippen LogP contribution >= 0.6 is 15.9 Å². The number of halogens is 1. The predicted octanol–water partition coefficient (Wildman–Crippen LogP) is 3.17. The van der Waals surface area contributed by atoms with Gasteiger partial charge in [0, 0.05) is 10.9 Å². The fourth-order valence-electron chi connectivity index (χ4n) is 1.87. The first kappa shape index (κ1) is 11.4. The maximum absolute atomic E-state index is 11.6. The van der Waals surface area contributed by atoms with Crippen LogP contribution in [0.2, 0.25) is 0 Å². The van der Waals surface area contributed by atoms with Crippen molar-refractivity contribution in [3.8, 4) is 0 Å². The number of hydrogen-bond acceptors (Lipinski definition) is 2. The standard InChI is InChI=1S/C13H13BrO2/c1-10-7-8-13(9-14,16-12(10)15)11-5-3-2-4-6-11/h2-6H,1,7-9H2/t13-/m0/s1. The van der Waals surface area contributed by atoms with Gasteiger partial charge in [0.05, 0.1) is 0 Å². The van der Waals surface area contributed by atoms with Gasteiger partial charge >= 0.3 is 5.97 Å². The van der Waals surface area contributed by atoms with Gasteiger partial charge in [-0.3, -0.25) is 0 Å². The molecule has 1 fully saturated rings. The number of ether oxygens (including phenoxy) is 1. The van der Waals surface area contributed by atoms with E-state index in [1.54, 1.807) is 0 Å². The molecule has 1 aliphatic heterocycles. The molecule has 3 heteroatoms. The largest absolute Gasteiger partial charge is 0.450 e. The zero-order valence-corrected chi connectivity index (χ0v) is 10.5. The van der Waals surface area contributed by atoms with Crippen LogP contribution in [0.5, 0.6) is 0 Å². The van der Waals surface area contributed by atoms with Crippen LogP contribution in [0, 0.1) is 0 Å². The molecule has 0 spiro atoms. The van der Waals surface area contributed by atoms with Gasteiger partial charge in [-0.05, 0) is 18.4 Å². The maximum Gasteiger partial charge on any atom is 0.334 e. The van der Waals surface area contributed by atoms with Gasteiger partial charge in [0.15, 0.2) is 0 Å². The average molecular weight is 281 g/mol. The summed E-state index contributed by atoms with van der Waals surface area (Å²) in [7, 11) is 0. The van der Waals surface area contributed by atoms with E-state index in [-0.39, 0.29) is 5.97 Å². The van der Waals surface area contributed by atoms with Crippen molar-refractivity contribution in [2.75, 3.05) is 5.33 Å². The third kappa shape index (κ3) is 1.92. The van der Waals surface area contributed by atoms with Crippen LogP contribution in [-0.4, -0.2) is 11.3 Å². The van der Waals surface area contributed by atoms with Crippen LogP contribution in [0.15, 0.2) is 42.5 Å². The molecule has 0 unspecified atom stereocenters. The van der Waals surface area contributed by atoms with Gasteiger partial charge in [0.25, 0.3) is 0 Å². The van der Waals surface area contributed by atoms with Gasteiger partial charge in [0.1, 0.15) is 5.60 Å². The number of rotatable bonds is 2. The molecule has 1 aromatic carbocycles. The molecule has 1 saturated heterocycles. The van der Waals surface area contributed by atoms with Gasteiger partial charge < -0.3 is 4.74 Å². The summed E-state index contributed by atoms with van der Waals surface area (Å²) in [6, 6.07) is 9.84. The highest BCUT2D eigenvalue weighted by Crippen LogP contribution is 2.38. The number of benzene rings is 1. The van der Waals surface area contributed by atoms with Crippen molar-refractivity contribution in [1.82, 2.24) is 0 Å². The lowest BCUT2D eigenvalue weighted by Crippen LogP contribution is -2.38. The van der Waals surface area contributed by atoms with Crippen molar-refractivity contribution in [3.63, 3.8) is 0 Å². The molecule has 0 N–H and O–H groups in total. The number of hydrogen-bond donors (Lipinski definition) is 0. The summed E-state index contributed by atoms with van der Waals surface area (Å²) >= 11 is 3.45. The Balaban J connectivity index is 2.34. The molecular formula is C13H13BrO2. The lowest BCUT2D eigenvalue weighted by molar-refractivity contribution is -0.158. The summed E-state index contributed by atoms with van der Waals surface area (Å²) in [4.78, 5) is 11.6. The molecule has 0 bridgehead atoms. The van der Waals surface area contributed by atoms with Crippen LogP contribution in [0.3, 0.4) is 0 Å². The molecule has 2 rings (SSSR count). The minimum Gasteiger partial charge on any atom is -0.450 e. The first-order valence-corrected chi connectivity index (χ1v) is 6.33. The lowest BCUT2D eigenvalue weighted by atomic mass is 9.87. The first-order chi connectivity index (χ1) is 7.68. The predicted molar refractivity (Wildman–Crippen MR) is 66.4 cm³/mol. The average Bonchev–Trinajstić information content (AvgIpc) is 2.34. The fraction of sp³-hybridized carbons (Fsp3) is 0.308. The number of cyclic esters (lactones) is 1. The van der Waals surface area contributed by atoms with Crippen molar-refractivity contribution >= 4 is 21.9 Å². The summed E-state index contributed by atoms with van der Waals surface area (Å²) in [6.07, 6.45) is 1.48. The van der Waals surface area contributed by atoms with E-state index in [2.05, 4.69) is 22.5 Å². The van der Waals surface area contributed by atoms with Crippen LogP contribution in [0.4, 0.5) is 0 Å². The van der Waals surface area contributed by atoms with Gasteiger partial charge in [-0.15, -0.1) is 0 Å². The Hall–Kier alpha value is -1.09. The first-order valence-electron chi connectivity index (χ1n) is 5.20. The van der Waals surface area contributed by atoms with Crippen molar-refractivity contribution in [2.45, 2.75) is 18.4 Å². The second-order valence-corrected chi connectivity index (χ2v) is 4.55. The molecule has 1 aliphatic rings. The molecule has 2 nitrogen and oxygen atoms in total. The molecule has 0 aromatic heterocycles. The third-order valence-corrected chi connectivity index (χ3v) is 3.83. The van der Waals surface area contributed by atoms with Gasteiger partial charge in [0.2, 0.25) is 0 Å². The van der Waals surface area contributed by atoms with E-state index in [1.165, 1.54) is 0 Å². The van der Waals surface area contributed by atoms with Crippen LogP contribution in [0.25, 0.3) is 0 Å². The van der Waals surface area contributed by atoms with Crippen molar-refractivity contribution in [2.24, 2.45) is 0 Å². The Morgan fingerprint density at radius 2 is 2.06 bits per heavy atom. The quantitative estimate of drug-likeness (QED) is 0.473. The summed E-state index contributed by atoms with van der Waals surface area (Å²) in [6.45, 7) is 3.70. The molecule has 0 radical (unpaired) electrons. The summed E-state index contributed by atoms with van der Waals surface area (Å²) in [5, 5.41) is 0.614. The Labute approximate surface area is 103 Å². The SMILES string of the molecule is C=C1CC[C@](CBr)(c2ccccc2)OC1=O. The summed E-state index contributed by atoms with van der Waals surface area (Å²) in [5.41, 5.74) is 1.07. The third-order valence-electron chi connectivity index (χ3n) is 2.92. The molecular weight excluding hydrogens is 268 g/mol. The molecule has 1 atom stereocenters. The number of alkyl halides is 1. The normalized spacial score (nSPS) is 25.3. The topological polar surface area (TPSA) is 26.3 Å². The van der Waals surface area contributed by atoms with E-state index in [4.69, 9.17) is 4.74 Å². The Morgan fingerprint density at radius 1 is 1.38 bits per heavy atom. The monoisotopic (exact) mass is 280 g/mol. The van der Waals surface area contributed by atoms with E-state index >= 15 is 0 Å². The highest BCUT2D eigenvalue weighted by Gasteiger charge is 2.39. The van der Waals surface area contributed by atoms with Gasteiger partial charge in [-0.25, -0.2) is 4.79 Å². The minimum absolute atomic E-state index is 0.283. The van der Waals surface area contributed by atoms with Gasteiger partial charge in [-0.2, -0.15) is 0 Å². The molecule has 0 amide bonds. The van der Waals surface area contributed by atoms with Crippen molar-refractivity contribution in [3.05, 3.63) is 48.0 Å². The number of carbonyl (C=O) groups is 1. The Morgan fingerprint density at radius 3 is 2.62 bits per heavy atom. The highest BCUT2D eigenvalue weighted by atomic mass is 79.9. The van der Waals surface area contributed by atoms with E-state index in [9.17, 15) is 4.79 Å². The molecule has 1 aromatic rings. The van der Waals surface area contributed by atoms with E-state index in [0.717, 1.165) is 12.0 Å². The fourth-order valence-corrected chi connectivity index (χ4v) is 2.59. The number of carbonyl (C=O) groups excluding carboxylic acids is 1. The summed E-state index contributed by atoms with van der Waals surface area (Å²) < 4.78 is 5.54. The maximum atomic E-state index is 11.6. The van der Waals surface area contributed by atoms with Crippen LogP contribution in [0.1, 0.15) is 18.4 Å². The van der Waals surface area contributed by atoms with Crippen LogP contribution in [-0.2, 0) is 15.1 Å². The Bertz CT molecular complexity index is 413. The summed E-state index contributed by atoms with van der Waals surface area (Å²) in [5.74, 6) is -0.283. The van der Waals surface area contributed by atoms with E-state index < -0.39 is 5.60 Å². The second-order valence-electron chi connectivity index (χ2n) is 3.99. The zero-order valence-electron chi connectivity index (χ0n) is 8.91. The smallest absolute Gasteiger partial charge is 0.334 e. The Kier molecular flexibility index (Phi) is 3.15. The lowest BCUT2D eigenvalue weighted by Gasteiger charge is -2.36. The molecule has 16 heavy (non-hydrogen) atoms. The van der Waals surface area contributed by atoms with E-state index in [1.807, 2.05) is 30.3 Å². The molecule has 84 valence electrons. The second kappa shape index (κ2) is 4.42. The van der Waals surface area contributed by atoms with Crippen molar-refractivity contribution in [1.29, 1.82) is 0 Å². The molecule has 0 aliphatic carbocycles. The zero-order chi connectivity index (χ0) is 11.6. The highest BCUT2D eigenvalue weighted by molar-refractivity contribution is 9.09. The van der Waals surface area contributed by atoms with Gasteiger partial charge in [-0.1, -0.05) is 52.8 Å². The van der Waals surface area contributed by atoms with Crippen molar-refractivity contribution < 1.29 is 9.53 Å².